The molecule has 3 aromatic rings. The van der Waals surface area contributed by atoms with Gasteiger partial charge in [0.15, 0.2) is 8.68 Å². The monoisotopic (exact) mass is 430 g/mol. The van der Waals surface area contributed by atoms with E-state index in [0.717, 1.165) is 20.2 Å². The van der Waals surface area contributed by atoms with E-state index in [9.17, 15) is 4.79 Å². The van der Waals surface area contributed by atoms with E-state index in [-0.39, 0.29) is 11.7 Å². The quantitative estimate of drug-likeness (QED) is 0.303. The van der Waals surface area contributed by atoms with Crippen molar-refractivity contribution in [2.75, 3.05) is 5.75 Å². The summed E-state index contributed by atoms with van der Waals surface area (Å²) in [6.07, 6.45) is 6.53. The highest BCUT2D eigenvalue weighted by atomic mass is 32.2. The number of allylic oxidation sites excluding steroid dienone is 1. The van der Waals surface area contributed by atoms with Gasteiger partial charge in [-0.25, -0.2) is 5.43 Å². The van der Waals surface area contributed by atoms with E-state index in [4.69, 9.17) is 4.42 Å². The maximum atomic E-state index is 11.8. The van der Waals surface area contributed by atoms with Gasteiger partial charge < -0.3 is 4.42 Å². The van der Waals surface area contributed by atoms with Crippen LogP contribution < -0.4 is 5.43 Å². The first-order chi connectivity index (χ1) is 13.7. The van der Waals surface area contributed by atoms with Crippen molar-refractivity contribution in [3.63, 3.8) is 0 Å². The zero-order chi connectivity index (χ0) is 19.6. The van der Waals surface area contributed by atoms with Crippen molar-refractivity contribution in [2.24, 2.45) is 5.10 Å². The number of hydrogen-bond donors (Lipinski definition) is 1. The van der Waals surface area contributed by atoms with Crippen LogP contribution in [0, 0.1) is 6.92 Å². The maximum absolute atomic E-state index is 11.8. The lowest BCUT2D eigenvalue weighted by Gasteiger charge is -1.99. The fraction of sp³-hybridized carbons (Fsp3) is 0.158. The molecule has 2 aromatic heterocycles. The smallest absolute Gasteiger partial charge is 0.250 e. The Bertz CT molecular complexity index is 935. The van der Waals surface area contributed by atoms with Gasteiger partial charge in [0.25, 0.3) is 5.91 Å². The molecular weight excluding hydrogens is 412 g/mol. The third-order valence-electron chi connectivity index (χ3n) is 3.35. The number of hydrazone groups is 1. The second-order valence-corrected chi connectivity index (χ2v) is 9.01. The van der Waals surface area contributed by atoms with Gasteiger partial charge >= 0.3 is 0 Å². The largest absolute Gasteiger partial charge is 0.465 e. The van der Waals surface area contributed by atoms with Crippen LogP contribution in [0.25, 0.3) is 6.08 Å². The van der Waals surface area contributed by atoms with Gasteiger partial charge in [-0.1, -0.05) is 64.7 Å². The first-order valence-electron chi connectivity index (χ1n) is 8.36. The fourth-order valence-corrected chi connectivity index (χ4v) is 4.75. The minimum atomic E-state index is -0.197. The Hall–Kier alpha value is -2.36. The first kappa shape index (κ1) is 20.4. The number of furan rings is 1. The zero-order valence-corrected chi connectivity index (χ0v) is 17.5. The van der Waals surface area contributed by atoms with Crippen molar-refractivity contribution in [1.29, 1.82) is 0 Å². The number of nitrogens with one attached hydrogen (secondary N) is 1. The van der Waals surface area contributed by atoms with Crippen molar-refractivity contribution >= 4 is 53.1 Å². The average molecular weight is 431 g/mol. The van der Waals surface area contributed by atoms with E-state index in [1.165, 1.54) is 40.4 Å². The van der Waals surface area contributed by atoms with Gasteiger partial charge in [-0.2, -0.15) is 5.10 Å². The number of nitrogens with zero attached hydrogens (tertiary/aromatic N) is 3. The topological polar surface area (TPSA) is 80.4 Å². The molecule has 28 heavy (non-hydrogen) atoms. The molecule has 0 bridgehead atoms. The number of thioether (sulfide) groups is 2. The number of carbonyl (C=O) groups is 1. The molecule has 2 heterocycles. The van der Waals surface area contributed by atoms with Gasteiger partial charge in [0.1, 0.15) is 5.76 Å². The minimum Gasteiger partial charge on any atom is -0.465 e. The lowest BCUT2D eigenvalue weighted by atomic mass is 10.2. The van der Waals surface area contributed by atoms with Crippen LogP contribution in [0.2, 0.25) is 0 Å². The van der Waals surface area contributed by atoms with Crippen molar-refractivity contribution in [3.05, 3.63) is 65.6 Å². The Morgan fingerprint density at radius 2 is 2.00 bits per heavy atom. The van der Waals surface area contributed by atoms with Crippen LogP contribution in [0.3, 0.4) is 0 Å². The Labute approximate surface area is 175 Å². The van der Waals surface area contributed by atoms with Crippen LogP contribution in [-0.4, -0.2) is 28.1 Å². The molecule has 0 aliphatic rings. The first-order valence-corrected chi connectivity index (χ1v) is 11.1. The van der Waals surface area contributed by atoms with Crippen LogP contribution >= 0.6 is 34.9 Å². The third-order valence-corrected chi connectivity index (χ3v) is 6.61. The van der Waals surface area contributed by atoms with Crippen molar-refractivity contribution in [3.8, 4) is 0 Å². The van der Waals surface area contributed by atoms with Crippen LogP contribution in [-0.2, 0) is 10.5 Å². The molecule has 0 saturated heterocycles. The van der Waals surface area contributed by atoms with Crippen molar-refractivity contribution in [1.82, 2.24) is 15.6 Å². The normalized spacial score (nSPS) is 11.5. The van der Waals surface area contributed by atoms with Crippen LogP contribution in [0.15, 0.2) is 66.9 Å². The molecule has 0 fully saturated rings. The highest BCUT2D eigenvalue weighted by Crippen LogP contribution is 2.30. The SMILES string of the molecule is Cc1ccc(CSc2nnc(SCC(=O)NN=C/C=C/c3ccco3)s2)cc1. The van der Waals surface area contributed by atoms with E-state index in [0.29, 0.717) is 0 Å². The van der Waals surface area contributed by atoms with Crippen LogP contribution in [0.1, 0.15) is 16.9 Å². The Morgan fingerprint density at radius 1 is 1.21 bits per heavy atom. The molecule has 6 nitrogen and oxygen atoms in total. The number of rotatable bonds is 9. The van der Waals surface area contributed by atoms with Gasteiger partial charge in [-0.05, 0) is 36.8 Å². The summed E-state index contributed by atoms with van der Waals surface area (Å²) in [6.45, 7) is 2.07. The third kappa shape index (κ3) is 6.99. The maximum Gasteiger partial charge on any atom is 0.250 e. The number of aromatic nitrogens is 2. The molecule has 9 heteroatoms. The molecular formula is C19H18N4O2S3. The van der Waals surface area contributed by atoms with Crippen molar-refractivity contribution < 1.29 is 9.21 Å². The summed E-state index contributed by atoms with van der Waals surface area (Å²) in [4.78, 5) is 11.8. The van der Waals surface area contributed by atoms with Crippen molar-refractivity contribution in [2.45, 2.75) is 21.4 Å². The predicted octanol–water partition coefficient (Wildman–Crippen LogP) is 4.64. The van der Waals surface area contributed by atoms with Gasteiger partial charge in [-0.15, -0.1) is 10.2 Å². The summed E-state index contributed by atoms with van der Waals surface area (Å²) in [5, 5.41) is 12.1. The molecule has 0 aliphatic carbocycles. The second-order valence-electron chi connectivity index (χ2n) is 5.58. The molecule has 0 unspecified atom stereocenters. The van der Waals surface area contributed by atoms with E-state index in [1.807, 2.05) is 6.07 Å². The van der Waals surface area contributed by atoms with Gasteiger partial charge in [0.2, 0.25) is 0 Å². The molecule has 0 aliphatic heterocycles. The zero-order valence-electron chi connectivity index (χ0n) is 15.1. The van der Waals surface area contributed by atoms with Gasteiger partial charge in [0, 0.05) is 12.0 Å². The molecule has 1 aromatic carbocycles. The summed E-state index contributed by atoms with van der Waals surface area (Å²) >= 11 is 4.48. The number of benzene rings is 1. The molecule has 1 N–H and O–H groups in total. The highest BCUT2D eigenvalue weighted by molar-refractivity contribution is 8.03. The second kappa shape index (κ2) is 10.8. The lowest BCUT2D eigenvalue weighted by molar-refractivity contribution is -0.118. The number of amides is 1. The summed E-state index contributed by atoms with van der Waals surface area (Å²) in [5.41, 5.74) is 4.97. The molecule has 0 radical (unpaired) electrons. The Balaban J connectivity index is 1.36. The van der Waals surface area contributed by atoms with Crippen LogP contribution in [0.5, 0.6) is 0 Å². The Morgan fingerprint density at radius 3 is 2.75 bits per heavy atom. The Kier molecular flexibility index (Phi) is 7.89. The molecule has 0 saturated carbocycles. The van der Waals surface area contributed by atoms with E-state index < -0.39 is 0 Å². The van der Waals surface area contributed by atoms with E-state index >= 15 is 0 Å². The van der Waals surface area contributed by atoms with Crippen LogP contribution in [0.4, 0.5) is 0 Å². The molecule has 1 amide bonds. The molecule has 3 rings (SSSR count). The molecule has 0 spiro atoms. The van der Waals surface area contributed by atoms with Gasteiger partial charge in [0.05, 0.1) is 12.0 Å². The van der Waals surface area contributed by atoms with E-state index in [2.05, 4.69) is 51.9 Å². The highest BCUT2D eigenvalue weighted by Gasteiger charge is 2.08. The predicted molar refractivity (Wildman–Crippen MR) is 116 cm³/mol. The standard InChI is InChI=1S/C19H18N4O2S3/c1-14-6-8-15(9-7-14)12-26-18-22-23-19(28-18)27-13-17(24)21-20-10-2-4-16-5-3-11-25-16/h2-11H,12-13H2,1H3,(H,21,24)/b4-2+,20-10?. The molecule has 0 atom stereocenters. The minimum absolute atomic E-state index is 0.197. The van der Waals surface area contributed by atoms with E-state index in [1.54, 1.807) is 36.2 Å². The summed E-state index contributed by atoms with van der Waals surface area (Å²) in [6, 6.07) is 12.1. The number of carbonyl (C=O) groups excluding carboxylic acids is 1. The number of hydrogen-bond acceptors (Lipinski definition) is 8. The fourth-order valence-electron chi connectivity index (χ4n) is 1.98. The van der Waals surface area contributed by atoms with Gasteiger partial charge in [-0.3, -0.25) is 4.79 Å². The molecule has 144 valence electrons. The average Bonchev–Trinajstić information content (AvgIpc) is 3.38. The summed E-state index contributed by atoms with van der Waals surface area (Å²) < 4.78 is 6.81. The summed E-state index contributed by atoms with van der Waals surface area (Å²) in [5.74, 6) is 1.61. The summed E-state index contributed by atoms with van der Waals surface area (Å²) in [7, 11) is 0. The lowest BCUT2D eigenvalue weighted by Crippen LogP contribution is -2.19. The number of aryl methyl sites for hydroxylation is 1.